The normalized spacial score (nSPS) is 9.94. The van der Waals surface area contributed by atoms with Gasteiger partial charge in [-0.1, -0.05) is 0 Å². The third-order valence-electron chi connectivity index (χ3n) is 2.08. The van der Waals surface area contributed by atoms with Gasteiger partial charge >= 0.3 is 5.97 Å². The van der Waals surface area contributed by atoms with Gasteiger partial charge in [-0.05, 0) is 45.2 Å². The minimum Gasteiger partial charge on any atom is -0.492 e. The molecule has 1 rings (SSSR count). The quantitative estimate of drug-likeness (QED) is 0.695. The maximum Gasteiger partial charge on any atom is 0.338 e. The standard InChI is InChI=1S/C10H10I2O5/c1-15-7-5(11)4(10(13)14)6(12)8(16-2)9(7)17-3/h1-3H3,(H,13,14). The summed E-state index contributed by atoms with van der Waals surface area (Å²) in [5.74, 6) is 0.0948. The molecule has 1 aromatic carbocycles. The predicted molar refractivity (Wildman–Crippen MR) is 78.5 cm³/mol. The maximum absolute atomic E-state index is 11.2. The van der Waals surface area contributed by atoms with Crippen LogP contribution in [0.1, 0.15) is 10.4 Å². The molecule has 0 fully saturated rings. The molecule has 0 spiro atoms. The molecule has 0 aliphatic heterocycles. The number of ether oxygens (including phenoxy) is 3. The summed E-state index contributed by atoms with van der Waals surface area (Å²) < 4.78 is 16.5. The van der Waals surface area contributed by atoms with Crippen LogP contribution in [0.15, 0.2) is 0 Å². The van der Waals surface area contributed by atoms with E-state index in [2.05, 4.69) is 0 Å². The van der Waals surface area contributed by atoms with E-state index in [1.165, 1.54) is 21.3 Å². The molecule has 0 aliphatic rings. The molecule has 0 radical (unpaired) electrons. The number of methoxy groups -OCH3 is 3. The van der Waals surface area contributed by atoms with E-state index in [-0.39, 0.29) is 5.56 Å². The van der Waals surface area contributed by atoms with Crippen molar-refractivity contribution < 1.29 is 24.1 Å². The van der Waals surface area contributed by atoms with E-state index >= 15 is 0 Å². The molecule has 0 unspecified atom stereocenters. The lowest BCUT2D eigenvalue weighted by molar-refractivity contribution is 0.0693. The summed E-state index contributed by atoms with van der Waals surface area (Å²) in [6.07, 6.45) is 0. The highest BCUT2D eigenvalue weighted by molar-refractivity contribution is 14.1. The number of aromatic carboxylic acids is 1. The maximum atomic E-state index is 11.2. The first-order valence-corrected chi connectivity index (χ1v) is 6.55. The van der Waals surface area contributed by atoms with Gasteiger partial charge in [0, 0.05) is 0 Å². The first-order valence-electron chi connectivity index (χ1n) is 4.39. The van der Waals surface area contributed by atoms with Crippen LogP contribution in [0.5, 0.6) is 17.2 Å². The van der Waals surface area contributed by atoms with Gasteiger partial charge in [0.1, 0.15) is 0 Å². The van der Waals surface area contributed by atoms with Crippen molar-refractivity contribution in [2.24, 2.45) is 0 Å². The van der Waals surface area contributed by atoms with Crippen LogP contribution in [0.3, 0.4) is 0 Å². The van der Waals surface area contributed by atoms with Gasteiger partial charge in [0.05, 0.1) is 34.0 Å². The fraction of sp³-hybridized carbons (Fsp3) is 0.300. The number of carbonyl (C=O) groups is 1. The van der Waals surface area contributed by atoms with E-state index in [9.17, 15) is 9.90 Å². The monoisotopic (exact) mass is 464 g/mol. The van der Waals surface area contributed by atoms with Crippen molar-refractivity contribution in [2.75, 3.05) is 21.3 Å². The topological polar surface area (TPSA) is 65.0 Å². The van der Waals surface area contributed by atoms with Crippen molar-refractivity contribution in [2.45, 2.75) is 0 Å². The van der Waals surface area contributed by atoms with Crippen LogP contribution in [-0.4, -0.2) is 32.4 Å². The molecule has 0 heterocycles. The minimum atomic E-state index is -1.03. The van der Waals surface area contributed by atoms with E-state index in [1.807, 2.05) is 45.2 Å². The zero-order chi connectivity index (χ0) is 13.2. The summed E-state index contributed by atoms with van der Waals surface area (Å²) in [6, 6.07) is 0. The zero-order valence-electron chi connectivity index (χ0n) is 9.34. The summed E-state index contributed by atoms with van der Waals surface area (Å²) in [5.41, 5.74) is 0.153. The number of halogens is 2. The van der Waals surface area contributed by atoms with Gasteiger partial charge in [-0.2, -0.15) is 0 Å². The molecule has 0 atom stereocenters. The number of rotatable bonds is 4. The summed E-state index contributed by atoms with van der Waals surface area (Å²) in [6.45, 7) is 0. The molecule has 5 nitrogen and oxygen atoms in total. The van der Waals surface area contributed by atoms with Crippen LogP contribution >= 0.6 is 45.2 Å². The summed E-state index contributed by atoms with van der Waals surface area (Å²) in [7, 11) is 4.39. The fourth-order valence-electron chi connectivity index (χ4n) is 1.36. The van der Waals surface area contributed by atoms with Gasteiger partial charge in [-0.3, -0.25) is 0 Å². The van der Waals surface area contributed by atoms with Crippen LogP contribution in [0, 0.1) is 7.14 Å². The third-order valence-corrected chi connectivity index (χ3v) is 4.13. The average Bonchev–Trinajstić information content (AvgIpc) is 2.27. The number of carboxylic acid groups (broad SMARTS) is 1. The number of benzene rings is 1. The Hall–Kier alpha value is -0.450. The molecule has 0 saturated carbocycles. The van der Waals surface area contributed by atoms with E-state index < -0.39 is 5.97 Å². The number of hydrogen-bond acceptors (Lipinski definition) is 4. The summed E-state index contributed by atoms with van der Waals surface area (Å²) in [5, 5.41) is 9.19. The van der Waals surface area contributed by atoms with Crippen molar-refractivity contribution >= 4 is 51.2 Å². The Morgan fingerprint density at radius 1 is 0.941 bits per heavy atom. The lowest BCUT2D eigenvalue weighted by Crippen LogP contribution is -2.08. The molecule has 94 valence electrons. The van der Waals surface area contributed by atoms with Crippen molar-refractivity contribution in [3.63, 3.8) is 0 Å². The Balaban J connectivity index is 3.73. The average molecular weight is 464 g/mol. The van der Waals surface area contributed by atoms with Crippen LogP contribution in [0.2, 0.25) is 0 Å². The van der Waals surface area contributed by atoms with Gasteiger partial charge in [0.15, 0.2) is 11.5 Å². The largest absolute Gasteiger partial charge is 0.492 e. The summed E-state index contributed by atoms with van der Waals surface area (Å²) in [4.78, 5) is 11.2. The van der Waals surface area contributed by atoms with Crippen molar-refractivity contribution in [1.82, 2.24) is 0 Å². The molecule has 1 aromatic rings. The van der Waals surface area contributed by atoms with Gasteiger partial charge in [-0.25, -0.2) is 4.79 Å². The van der Waals surface area contributed by atoms with Crippen molar-refractivity contribution in [3.8, 4) is 17.2 Å². The Kier molecular flexibility index (Phi) is 5.10. The SMILES string of the molecule is COc1c(I)c(C(=O)O)c(I)c(OC)c1OC. The molecule has 0 bridgehead atoms. The van der Waals surface area contributed by atoms with E-state index in [0.717, 1.165) is 0 Å². The Bertz CT molecular complexity index is 427. The first kappa shape index (κ1) is 14.6. The fourth-order valence-corrected chi connectivity index (χ4v) is 3.81. The van der Waals surface area contributed by atoms with E-state index in [0.29, 0.717) is 24.4 Å². The van der Waals surface area contributed by atoms with Crippen LogP contribution in [0.4, 0.5) is 0 Å². The number of carboxylic acids is 1. The zero-order valence-corrected chi connectivity index (χ0v) is 13.7. The smallest absolute Gasteiger partial charge is 0.338 e. The second-order valence-electron chi connectivity index (χ2n) is 2.91. The van der Waals surface area contributed by atoms with E-state index in [1.54, 1.807) is 0 Å². The second-order valence-corrected chi connectivity index (χ2v) is 5.07. The van der Waals surface area contributed by atoms with Gasteiger partial charge in [0.2, 0.25) is 5.75 Å². The molecule has 7 heteroatoms. The lowest BCUT2D eigenvalue weighted by Gasteiger charge is -2.17. The lowest BCUT2D eigenvalue weighted by atomic mass is 10.2. The molecule has 0 saturated heterocycles. The molecule has 17 heavy (non-hydrogen) atoms. The van der Waals surface area contributed by atoms with Gasteiger partial charge < -0.3 is 19.3 Å². The molecular weight excluding hydrogens is 454 g/mol. The third kappa shape index (κ3) is 2.54. The second kappa shape index (κ2) is 5.94. The highest BCUT2D eigenvalue weighted by Crippen LogP contribution is 2.46. The van der Waals surface area contributed by atoms with Crippen LogP contribution in [-0.2, 0) is 0 Å². The van der Waals surface area contributed by atoms with Gasteiger partial charge in [-0.15, -0.1) is 0 Å². The van der Waals surface area contributed by atoms with E-state index in [4.69, 9.17) is 14.2 Å². The molecule has 0 amide bonds. The van der Waals surface area contributed by atoms with Crippen molar-refractivity contribution in [1.29, 1.82) is 0 Å². The molecule has 0 aliphatic carbocycles. The predicted octanol–water partition coefficient (Wildman–Crippen LogP) is 2.62. The number of hydrogen-bond donors (Lipinski definition) is 1. The Morgan fingerprint density at radius 3 is 1.53 bits per heavy atom. The Labute approximate surface area is 126 Å². The molecule has 1 N–H and O–H groups in total. The first-order chi connectivity index (χ1) is 7.99. The molecule has 0 aromatic heterocycles. The highest BCUT2D eigenvalue weighted by atomic mass is 127. The Morgan fingerprint density at radius 2 is 1.29 bits per heavy atom. The minimum absolute atomic E-state index is 0.153. The highest BCUT2D eigenvalue weighted by Gasteiger charge is 2.27. The van der Waals surface area contributed by atoms with Crippen LogP contribution in [0.25, 0.3) is 0 Å². The van der Waals surface area contributed by atoms with Crippen LogP contribution < -0.4 is 14.2 Å². The molecular formula is C10H10I2O5. The van der Waals surface area contributed by atoms with Gasteiger partial charge in [0.25, 0.3) is 0 Å². The summed E-state index contributed by atoms with van der Waals surface area (Å²) >= 11 is 3.84. The van der Waals surface area contributed by atoms with Crippen molar-refractivity contribution in [3.05, 3.63) is 12.7 Å².